The van der Waals surface area contributed by atoms with E-state index in [0.717, 1.165) is 0 Å². The van der Waals surface area contributed by atoms with Gasteiger partial charge in [0.05, 0.1) is 0 Å². The number of hydrogen-bond donors (Lipinski definition) is 0. The predicted octanol–water partition coefficient (Wildman–Crippen LogP) is 0.923. The summed E-state index contributed by atoms with van der Waals surface area (Å²) < 4.78 is 0. The molecule has 0 heterocycles. The SMILES string of the molecule is O=CC=CC=NC(=S)N=CC=CC=O. The van der Waals surface area contributed by atoms with Crippen LogP contribution in [0.4, 0.5) is 0 Å². The number of hydrogen-bond acceptors (Lipinski definition) is 3. The summed E-state index contributed by atoms with van der Waals surface area (Å²) in [5.74, 6) is 0. The second kappa shape index (κ2) is 9.34. The second-order valence-electron chi connectivity index (χ2n) is 1.88. The van der Waals surface area contributed by atoms with Gasteiger partial charge in [-0.05, 0) is 36.5 Å². The van der Waals surface area contributed by atoms with Gasteiger partial charge < -0.3 is 0 Å². The van der Waals surface area contributed by atoms with E-state index >= 15 is 0 Å². The zero-order chi connectivity index (χ0) is 10.6. The van der Waals surface area contributed by atoms with Crippen molar-refractivity contribution >= 4 is 42.3 Å². The summed E-state index contributed by atoms with van der Waals surface area (Å²) in [5.41, 5.74) is 0. The molecule has 0 aliphatic rings. The maximum absolute atomic E-state index is 9.84. The van der Waals surface area contributed by atoms with E-state index < -0.39 is 0 Å². The van der Waals surface area contributed by atoms with Gasteiger partial charge in [0.25, 0.3) is 0 Å². The Balaban J connectivity index is 3.97. The average molecular weight is 208 g/mol. The lowest BCUT2D eigenvalue weighted by Gasteiger charge is -1.82. The van der Waals surface area contributed by atoms with Gasteiger partial charge in [0.2, 0.25) is 5.11 Å². The summed E-state index contributed by atoms with van der Waals surface area (Å²) in [7, 11) is 0. The van der Waals surface area contributed by atoms with Crippen LogP contribution >= 0.6 is 12.2 Å². The Bertz CT molecular complexity index is 287. The lowest BCUT2D eigenvalue weighted by atomic mass is 10.5. The number of carbonyl (C=O) groups excluding carboxylic acids is 2. The van der Waals surface area contributed by atoms with Crippen molar-refractivity contribution in [3.63, 3.8) is 0 Å². The van der Waals surface area contributed by atoms with Crippen LogP contribution < -0.4 is 0 Å². The molecule has 5 heteroatoms. The first kappa shape index (κ1) is 12.2. The molecular formula is C9H8N2O2S. The van der Waals surface area contributed by atoms with E-state index in [4.69, 9.17) is 12.2 Å². The minimum Gasteiger partial charge on any atom is -0.299 e. The minimum atomic E-state index is 0.121. The molecule has 0 atom stereocenters. The van der Waals surface area contributed by atoms with E-state index in [1.54, 1.807) is 0 Å². The van der Waals surface area contributed by atoms with Gasteiger partial charge >= 0.3 is 0 Å². The Morgan fingerprint density at radius 2 is 1.29 bits per heavy atom. The summed E-state index contributed by atoms with van der Waals surface area (Å²) in [6.45, 7) is 0. The van der Waals surface area contributed by atoms with E-state index in [1.165, 1.54) is 36.7 Å². The molecule has 0 aliphatic heterocycles. The minimum absolute atomic E-state index is 0.121. The summed E-state index contributed by atoms with van der Waals surface area (Å²) in [6.07, 6.45) is 9.42. The Kier molecular flexibility index (Phi) is 8.17. The van der Waals surface area contributed by atoms with E-state index in [-0.39, 0.29) is 5.11 Å². The van der Waals surface area contributed by atoms with E-state index in [0.29, 0.717) is 12.6 Å². The van der Waals surface area contributed by atoms with Crippen LogP contribution in [0.1, 0.15) is 0 Å². The predicted molar refractivity (Wildman–Crippen MR) is 60.0 cm³/mol. The lowest BCUT2D eigenvalue weighted by molar-refractivity contribution is -0.104. The van der Waals surface area contributed by atoms with Crippen LogP contribution in [0.2, 0.25) is 0 Å². The highest BCUT2D eigenvalue weighted by Gasteiger charge is 1.80. The van der Waals surface area contributed by atoms with Gasteiger partial charge in [-0.1, -0.05) is 0 Å². The van der Waals surface area contributed by atoms with Gasteiger partial charge in [-0.3, -0.25) is 9.59 Å². The number of allylic oxidation sites excluding steroid dienone is 4. The van der Waals surface area contributed by atoms with Crippen LogP contribution in [-0.4, -0.2) is 30.1 Å². The first-order valence-corrected chi connectivity index (χ1v) is 4.05. The van der Waals surface area contributed by atoms with Crippen LogP contribution in [0.5, 0.6) is 0 Å². The molecule has 0 aromatic carbocycles. The van der Waals surface area contributed by atoms with Crippen molar-refractivity contribution in [2.75, 3.05) is 0 Å². The third-order valence-electron chi connectivity index (χ3n) is 0.921. The summed E-state index contributed by atoms with van der Waals surface area (Å²) in [5, 5.41) is 0.121. The Hall–Kier alpha value is -1.75. The fourth-order valence-electron chi connectivity index (χ4n) is 0.437. The Labute approximate surface area is 86.8 Å². The number of aliphatic imine (C=N–C) groups is 2. The van der Waals surface area contributed by atoms with Crippen molar-refractivity contribution in [2.24, 2.45) is 9.98 Å². The van der Waals surface area contributed by atoms with Crippen LogP contribution in [0, 0.1) is 0 Å². The molecular weight excluding hydrogens is 200 g/mol. The highest BCUT2D eigenvalue weighted by Crippen LogP contribution is 1.81. The van der Waals surface area contributed by atoms with Gasteiger partial charge in [-0.15, -0.1) is 0 Å². The number of nitrogens with zero attached hydrogens (tertiary/aromatic N) is 2. The topological polar surface area (TPSA) is 58.9 Å². The average Bonchev–Trinajstić information content (AvgIpc) is 2.19. The summed E-state index contributed by atoms with van der Waals surface area (Å²) in [4.78, 5) is 27.1. The molecule has 0 rings (SSSR count). The molecule has 0 spiro atoms. The molecule has 14 heavy (non-hydrogen) atoms. The fraction of sp³-hybridized carbons (Fsp3) is 0. The molecule has 0 N–H and O–H groups in total. The van der Waals surface area contributed by atoms with Crippen molar-refractivity contribution in [3.8, 4) is 0 Å². The molecule has 0 aliphatic carbocycles. The van der Waals surface area contributed by atoms with Gasteiger partial charge in [0, 0.05) is 12.4 Å². The maximum atomic E-state index is 9.84. The quantitative estimate of drug-likeness (QED) is 0.299. The highest BCUT2D eigenvalue weighted by molar-refractivity contribution is 7.80. The highest BCUT2D eigenvalue weighted by atomic mass is 32.1. The van der Waals surface area contributed by atoms with Crippen molar-refractivity contribution in [3.05, 3.63) is 24.3 Å². The summed E-state index contributed by atoms with van der Waals surface area (Å²) in [6, 6.07) is 0. The molecule has 0 saturated heterocycles. The third-order valence-corrected chi connectivity index (χ3v) is 1.13. The second-order valence-corrected chi connectivity index (χ2v) is 2.25. The van der Waals surface area contributed by atoms with Gasteiger partial charge in [-0.25, -0.2) is 9.98 Å². The van der Waals surface area contributed by atoms with Crippen LogP contribution in [0.3, 0.4) is 0 Å². The first-order chi connectivity index (χ1) is 6.81. The number of thiocarbonyl (C=S) groups is 1. The lowest BCUT2D eigenvalue weighted by Crippen LogP contribution is -1.83. The number of aldehydes is 2. The Morgan fingerprint density at radius 3 is 1.64 bits per heavy atom. The Morgan fingerprint density at radius 1 is 0.857 bits per heavy atom. The molecule has 0 fully saturated rings. The van der Waals surface area contributed by atoms with Crippen molar-refractivity contribution in [1.82, 2.24) is 0 Å². The van der Waals surface area contributed by atoms with Crippen molar-refractivity contribution in [1.29, 1.82) is 0 Å². The number of rotatable bonds is 4. The molecule has 0 aromatic heterocycles. The monoisotopic (exact) mass is 208 g/mol. The van der Waals surface area contributed by atoms with Crippen LogP contribution in [0.15, 0.2) is 34.3 Å². The zero-order valence-corrected chi connectivity index (χ0v) is 8.05. The fourth-order valence-corrected chi connectivity index (χ4v) is 0.559. The van der Waals surface area contributed by atoms with E-state index in [1.807, 2.05) is 0 Å². The molecule has 4 nitrogen and oxygen atoms in total. The smallest absolute Gasteiger partial charge is 0.219 e. The van der Waals surface area contributed by atoms with Crippen molar-refractivity contribution < 1.29 is 9.59 Å². The molecule has 72 valence electrons. The van der Waals surface area contributed by atoms with Crippen LogP contribution in [-0.2, 0) is 9.59 Å². The molecule has 0 aromatic rings. The normalized spacial score (nSPS) is 12.0. The number of carbonyl (C=O) groups is 2. The molecule has 0 saturated carbocycles. The van der Waals surface area contributed by atoms with Gasteiger partial charge in [-0.2, -0.15) is 0 Å². The van der Waals surface area contributed by atoms with Gasteiger partial charge in [0.15, 0.2) is 0 Å². The standard InChI is InChI=1S/C9H8N2O2S/c12-7-3-1-5-10-9(14)11-6-2-4-8-13/h1-8H. The zero-order valence-electron chi connectivity index (χ0n) is 7.24. The summed E-state index contributed by atoms with van der Waals surface area (Å²) >= 11 is 4.71. The largest absolute Gasteiger partial charge is 0.299 e. The maximum Gasteiger partial charge on any atom is 0.219 e. The van der Waals surface area contributed by atoms with Crippen LogP contribution in [0.25, 0.3) is 0 Å². The third kappa shape index (κ3) is 8.35. The van der Waals surface area contributed by atoms with E-state index in [9.17, 15) is 9.59 Å². The van der Waals surface area contributed by atoms with Crippen molar-refractivity contribution in [2.45, 2.75) is 0 Å². The van der Waals surface area contributed by atoms with E-state index in [2.05, 4.69) is 9.98 Å². The van der Waals surface area contributed by atoms with Gasteiger partial charge in [0.1, 0.15) is 12.6 Å². The molecule has 0 unspecified atom stereocenters. The molecule has 0 amide bonds. The first-order valence-electron chi connectivity index (χ1n) is 3.64. The molecule has 0 bridgehead atoms. The molecule has 0 radical (unpaired) electrons.